The topological polar surface area (TPSA) is 121 Å². The van der Waals surface area contributed by atoms with Crippen molar-refractivity contribution in [1.82, 2.24) is 29.7 Å². The van der Waals surface area contributed by atoms with E-state index in [4.69, 9.17) is 0 Å². The second-order valence-corrected chi connectivity index (χ2v) is 7.82. The van der Waals surface area contributed by atoms with E-state index in [2.05, 4.69) is 30.4 Å². The van der Waals surface area contributed by atoms with Crippen LogP contribution < -0.4 is 16.4 Å². The number of rotatable bonds is 4. The van der Waals surface area contributed by atoms with Gasteiger partial charge in [-0.15, -0.1) is 0 Å². The lowest BCUT2D eigenvalue weighted by Gasteiger charge is -2.26. The highest BCUT2D eigenvalue weighted by atomic mass is 32.2. The van der Waals surface area contributed by atoms with Gasteiger partial charge in [-0.25, -0.2) is 9.97 Å². The van der Waals surface area contributed by atoms with Gasteiger partial charge in [0, 0.05) is 17.8 Å². The van der Waals surface area contributed by atoms with E-state index in [1.807, 2.05) is 31.0 Å². The van der Waals surface area contributed by atoms with Gasteiger partial charge in [0.15, 0.2) is 10.3 Å². The third kappa shape index (κ3) is 2.85. The van der Waals surface area contributed by atoms with Gasteiger partial charge >= 0.3 is 0 Å². The first-order valence-corrected chi connectivity index (χ1v) is 11.1. The predicted molar refractivity (Wildman–Crippen MR) is 110 cm³/mol. The highest BCUT2D eigenvalue weighted by Crippen LogP contribution is 2.41. The Bertz CT molecular complexity index is 1110. The SMILES string of the molecule is CCn1ncc(C2c3c(nc(SC)[nH]c3=O)Nc3nc(SC)[nH]c(=O)c32)c1C. The van der Waals surface area contributed by atoms with Gasteiger partial charge in [0.2, 0.25) is 0 Å². The Morgan fingerprint density at radius 3 is 2.00 bits per heavy atom. The van der Waals surface area contributed by atoms with Crippen molar-refractivity contribution in [3.05, 3.63) is 49.3 Å². The number of hydrogen-bond acceptors (Lipinski definition) is 8. The fourth-order valence-corrected chi connectivity index (χ4v) is 4.23. The van der Waals surface area contributed by atoms with Crippen molar-refractivity contribution in [3.63, 3.8) is 0 Å². The molecular weight excluding hydrogens is 398 g/mol. The van der Waals surface area contributed by atoms with Gasteiger partial charge in [-0.2, -0.15) is 5.10 Å². The molecule has 0 fully saturated rings. The lowest BCUT2D eigenvalue weighted by atomic mass is 9.84. The standard InChI is InChI=1S/C17H19N7O2S2/c1-5-24-7(2)8(6-18-24)9-10-12(20-16(27-3)22-14(10)25)19-13-11(9)15(26)23-17(21-13)28-4/h6,9H,5H2,1-4H3,(H3,19,20,21,22,23,25,26). The van der Waals surface area contributed by atoms with Crippen molar-refractivity contribution in [3.8, 4) is 0 Å². The molecule has 3 aromatic rings. The Labute approximate surface area is 168 Å². The van der Waals surface area contributed by atoms with E-state index in [0.29, 0.717) is 39.6 Å². The number of nitrogens with zero attached hydrogens (tertiary/aromatic N) is 4. The first kappa shape index (κ1) is 18.8. The summed E-state index contributed by atoms with van der Waals surface area (Å²) in [5, 5.41) is 8.49. The van der Waals surface area contributed by atoms with E-state index < -0.39 is 5.92 Å². The summed E-state index contributed by atoms with van der Waals surface area (Å²) < 4.78 is 1.84. The zero-order valence-corrected chi connectivity index (χ0v) is 17.4. The van der Waals surface area contributed by atoms with Gasteiger partial charge in [-0.1, -0.05) is 23.5 Å². The predicted octanol–water partition coefficient (Wildman–Crippen LogP) is 2.06. The highest BCUT2D eigenvalue weighted by molar-refractivity contribution is 7.98. The molecule has 11 heteroatoms. The molecule has 4 heterocycles. The molecule has 146 valence electrons. The van der Waals surface area contributed by atoms with E-state index in [0.717, 1.165) is 11.3 Å². The Balaban J connectivity index is 2.06. The smallest absolute Gasteiger partial charge is 0.257 e. The summed E-state index contributed by atoms with van der Waals surface area (Å²) in [7, 11) is 0. The molecule has 0 amide bonds. The summed E-state index contributed by atoms with van der Waals surface area (Å²) in [6.07, 6.45) is 5.39. The summed E-state index contributed by atoms with van der Waals surface area (Å²) >= 11 is 2.68. The number of aromatic nitrogens is 6. The van der Waals surface area contributed by atoms with Gasteiger partial charge in [0.1, 0.15) is 11.6 Å². The number of H-pyrrole nitrogens is 2. The minimum absolute atomic E-state index is 0.283. The van der Waals surface area contributed by atoms with Crippen LogP contribution in [0.25, 0.3) is 0 Å². The highest BCUT2D eigenvalue weighted by Gasteiger charge is 2.36. The molecule has 0 radical (unpaired) electrons. The van der Waals surface area contributed by atoms with Crippen LogP contribution in [0.4, 0.5) is 11.6 Å². The van der Waals surface area contributed by atoms with Crippen LogP contribution >= 0.6 is 23.5 Å². The maximum Gasteiger partial charge on any atom is 0.257 e. The second kappa shape index (κ2) is 7.13. The van der Waals surface area contributed by atoms with Crippen molar-refractivity contribution in [2.24, 2.45) is 0 Å². The molecular formula is C17H19N7O2S2. The minimum atomic E-state index is -0.606. The number of aryl methyl sites for hydroxylation is 1. The zero-order valence-electron chi connectivity index (χ0n) is 15.8. The van der Waals surface area contributed by atoms with E-state index in [-0.39, 0.29) is 11.1 Å². The van der Waals surface area contributed by atoms with Crippen molar-refractivity contribution in [2.75, 3.05) is 17.8 Å². The minimum Gasteiger partial charge on any atom is -0.324 e. The fourth-order valence-electron chi connectivity index (χ4n) is 3.47. The summed E-state index contributed by atoms with van der Waals surface area (Å²) in [6.45, 7) is 4.62. The molecule has 4 rings (SSSR count). The van der Waals surface area contributed by atoms with Crippen molar-refractivity contribution >= 4 is 35.2 Å². The number of fused-ring (bicyclic) bond motifs is 2. The zero-order chi connectivity index (χ0) is 20.0. The van der Waals surface area contributed by atoms with Crippen LogP contribution in [0.5, 0.6) is 0 Å². The van der Waals surface area contributed by atoms with E-state index in [1.54, 1.807) is 6.20 Å². The Morgan fingerprint density at radius 1 is 1.04 bits per heavy atom. The third-order valence-electron chi connectivity index (χ3n) is 4.82. The number of hydrogen-bond donors (Lipinski definition) is 3. The second-order valence-electron chi connectivity index (χ2n) is 6.23. The Kier molecular flexibility index (Phi) is 4.79. The van der Waals surface area contributed by atoms with Crippen molar-refractivity contribution in [2.45, 2.75) is 36.6 Å². The van der Waals surface area contributed by atoms with Crippen LogP contribution in [0.2, 0.25) is 0 Å². The van der Waals surface area contributed by atoms with E-state index >= 15 is 0 Å². The third-order valence-corrected chi connectivity index (χ3v) is 5.98. The lowest BCUT2D eigenvalue weighted by molar-refractivity contribution is 0.637. The summed E-state index contributed by atoms with van der Waals surface area (Å²) in [6, 6.07) is 0. The summed E-state index contributed by atoms with van der Waals surface area (Å²) in [5.41, 5.74) is 1.91. The number of nitrogens with one attached hydrogen (secondary N) is 3. The van der Waals surface area contributed by atoms with Crippen LogP contribution in [0.1, 0.15) is 35.2 Å². The molecule has 28 heavy (non-hydrogen) atoms. The molecule has 0 spiro atoms. The van der Waals surface area contributed by atoms with Crippen LogP contribution in [-0.2, 0) is 6.54 Å². The monoisotopic (exact) mass is 417 g/mol. The molecule has 9 nitrogen and oxygen atoms in total. The number of aromatic amines is 2. The molecule has 0 atom stereocenters. The van der Waals surface area contributed by atoms with Gasteiger partial charge in [-0.3, -0.25) is 14.3 Å². The molecule has 3 aromatic heterocycles. The number of thioether (sulfide) groups is 2. The van der Waals surface area contributed by atoms with Crippen LogP contribution in [0.3, 0.4) is 0 Å². The van der Waals surface area contributed by atoms with Crippen LogP contribution in [0, 0.1) is 6.92 Å². The van der Waals surface area contributed by atoms with E-state index in [9.17, 15) is 9.59 Å². The molecule has 0 unspecified atom stereocenters. The van der Waals surface area contributed by atoms with Crippen LogP contribution in [-0.4, -0.2) is 42.2 Å². The molecule has 0 aliphatic carbocycles. The van der Waals surface area contributed by atoms with Gasteiger partial charge in [0.25, 0.3) is 11.1 Å². The molecule has 1 aliphatic rings. The quantitative estimate of drug-likeness (QED) is 0.341. The largest absolute Gasteiger partial charge is 0.324 e. The van der Waals surface area contributed by atoms with Crippen molar-refractivity contribution in [1.29, 1.82) is 0 Å². The Hall–Kier alpha value is -2.53. The average molecular weight is 418 g/mol. The van der Waals surface area contributed by atoms with E-state index in [1.165, 1.54) is 23.5 Å². The Morgan fingerprint density at radius 2 is 1.57 bits per heavy atom. The maximum absolute atomic E-state index is 12.9. The first-order chi connectivity index (χ1) is 13.5. The normalized spacial score (nSPS) is 13.1. The lowest BCUT2D eigenvalue weighted by Crippen LogP contribution is -2.32. The average Bonchev–Trinajstić information content (AvgIpc) is 3.06. The number of anilines is 2. The van der Waals surface area contributed by atoms with Gasteiger partial charge < -0.3 is 15.3 Å². The van der Waals surface area contributed by atoms with Crippen LogP contribution in [0.15, 0.2) is 26.1 Å². The van der Waals surface area contributed by atoms with Gasteiger partial charge in [-0.05, 0) is 26.4 Å². The molecule has 0 bridgehead atoms. The summed E-state index contributed by atoms with van der Waals surface area (Å²) in [5.74, 6) is 0.227. The molecule has 3 N–H and O–H groups in total. The fraction of sp³-hybridized carbons (Fsp3) is 0.353. The van der Waals surface area contributed by atoms with Gasteiger partial charge in [0.05, 0.1) is 23.2 Å². The molecule has 0 saturated carbocycles. The summed E-state index contributed by atoms with van der Waals surface area (Å²) in [4.78, 5) is 40.5. The molecule has 1 aliphatic heterocycles. The van der Waals surface area contributed by atoms with Crippen molar-refractivity contribution < 1.29 is 0 Å². The maximum atomic E-state index is 12.9. The molecule has 0 saturated heterocycles. The molecule has 0 aromatic carbocycles. The first-order valence-electron chi connectivity index (χ1n) is 8.64.